The molecule has 4 nitrogen and oxygen atoms in total. The standard InChI is InChI=1S/C11H12F4O4S3/c1-5(2)20-10-6(12)8(14)11(9(15)7(10)13)22(18,19)4-21(3,16)17/h5H,4H2,1-3H3. The van der Waals surface area contributed by atoms with E-state index < -0.39 is 63.1 Å². The maximum absolute atomic E-state index is 13.9. The van der Waals surface area contributed by atoms with Crippen molar-refractivity contribution in [1.82, 2.24) is 0 Å². The number of thioether (sulfide) groups is 1. The van der Waals surface area contributed by atoms with Gasteiger partial charge in [-0.1, -0.05) is 13.8 Å². The third-order valence-corrected chi connectivity index (χ3v) is 7.22. The van der Waals surface area contributed by atoms with Crippen LogP contribution in [0.3, 0.4) is 0 Å². The lowest BCUT2D eigenvalue weighted by molar-refractivity contribution is 0.395. The summed E-state index contributed by atoms with van der Waals surface area (Å²) >= 11 is 0.469. The average molecular weight is 380 g/mol. The summed E-state index contributed by atoms with van der Waals surface area (Å²) in [6.45, 7) is 3.02. The molecule has 0 fully saturated rings. The number of rotatable bonds is 5. The molecule has 0 heterocycles. The Labute approximate surface area is 129 Å². The van der Waals surface area contributed by atoms with Gasteiger partial charge >= 0.3 is 0 Å². The minimum atomic E-state index is -5.10. The molecule has 22 heavy (non-hydrogen) atoms. The predicted molar refractivity (Wildman–Crippen MR) is 74.2 cm³/mol. The summed E-state index contributed by atoms with van der Waals surface area (Å²) in [6.07, 6.45) is 0.510. The molecule has 1 aromatic carbocycles. The summed E-state index contributed by atoms with van der Waals surface area (Å²) < 4.78 is 101. The zero-order chi connectivity index (χ0) is 17.5. The molecule has 0 aromatic heterocycles. The summed E-state index contributed by atoms with van der Waals surface area (Å²) in [7, 11) is -9.29. The molecule has 1 rings (SSSR count). The highest BCUT2D eigenvalue weighted by Crippen LogP contribution is 2.35. The summed E-state index contributed by atoms with van der Waals surface area (Å²) in [6, 6.07) is 0. The van der Waals surface area contributed by atoms with E-state index in [1.54, 1.807) is 0 Å². The summed E-state index contributed by atoms with van der Waals surface area (Å²) in [5.74, 6) is -8.01. The molecule has 0 atom stereocenters. The molecule has 11 heteroatoms. The van der Waals surface area contributed by atoms with Crippen LogP contribution in [0.2, 0.25) is 0 Å². The highest BCUT2D eigenvalue weighted by Gasteiger charge is 2.35. The molecule has 0 N–H and O–H groups in total. The van der Waals surface area contributed by atoms with Gasteiger partial charge in [0.1, 0.15) is 4.90 Å². The highest BCUT2D eigenvalue weighted by atomic mass is 32.3. The lowest BCUT2D eigenvalue weighted by atomic mass is 10.3. The Morgan fingerprint density at radius 3 is 1.64 bits per heavy atom. The van der Waals surface area contributed by atoms with Crippen molar-refractivity contribution in [3.63, 3.8) is 0 Å². The Balaban J connectivity index is 3.67. The molecule has 126 valence electrons. The Kier molecular flexibility index (Phi) is 5.56. The lowest BCUT2D eigenvalue weighted by Crippen LogP contribution is -2.20. The Morgan fingerprint density at radius 1 is 0.909 bits per heavy atom. The molecule has 0 bridgehead atoms. The van der Waals surface area contributed by atoms with Crippen molar-refractivity contribution in [3.8, 4) is 0 Å². The minimum absolute atomic E-state index is 0.429. The maximum atomic E-state index is 13.9. The van der Waals surface area contributed by atoms with Gasteiger partial charge in [-0.15, -0.1) is 11.8 Å². The van der Waals surface area contributed by atoms with E-state index in [2.05, 4.69) is 0 Å². The van der Waals surface area contributed by atoms with Crippen molar-refractivity contribution < 1.29 is 34.4 Å². The second-order valence-corrected chi connectivity index (χ2v) is 10.8. The molecule has 0 radical (unpaired) electrons. The van der Waals surface area contributed by atoms with Gasteiger partial charge in [0.2, 0.25) is 0 Å². The quantitative estimate of drug-likeness (QED) is 0.446. The molecule has 0 unspecified atom stereocenters. The van der Waals surface area contributed by atoms with Crippen LogP contribution in [0, 0.1) is 23.3 Å². The van der Waals surface area contributed by atoms with E-state index in [0.29, 0.717) is 18.0 Å². The molecule has 0 amide bonds. The second kappa shape index (κ2) is 6.36. The van der Waals surface area contributed by atoms with Crippen molar-refractivity contribution in [2.75, 3.05) is 11.3 Å². The van der Waals surface area contributed by atoms with Gasteiger partial charge in [-0.05, 0) is 0 Å². The van der Waals surface area contributed by atoms with E-state index in [0.717, 1.165) is 0 Å². The van der Waals surface area contributed by atoms with Gasteiger partial charge in [-0.25, -0.2) is 34.4 Å². The largest absolute Gasteiger partial charge is 0.228 e. The topological polar surface area (TPSA) is 68.3 Å². The minimum Gasteiger partial charge on any atom is -0.228 e. The second-order valence-electron chi connectivity index (χ2n) is 4.74. The number of sulfone groups is 2. The SMILES string of the molecule is CC(C)Sc1c(F)c(F)c(S(=O)(=O)CS(C)(=O)=O)c(F)c1F. The first-order chi connectivity index (χ1) is 9.78. The Bertz CT molecular complexity index is 772. The molecular weight excluding hydrogens is 368 g/mol. The first kappa shape index (κ1) is 19.2. The smallest absolute Gasteiger partial charge is 0.198 e. The first-order valence-corrected chi connectivity index (χ1v) is 10.3. The van der Waals surface area contributed by atoms with Crippen LogP contribution >= 0.6 is 11.8 Å². The third-order valence-electron chi connectivity index (χ3n) is 2.22. The highest BCUT2D eigenvalue weighted by molar-refractivity contribution is 8.07. The average Bonchev–Trinajstić information content (AvgIpc) is 2.28. The Morgan fingerprint density at radius 2 is 1.32 bits per heavy atom. The van der Waals surface area contributed by atoms with Crippen LogP contribution in [0.15, 0.2) is 9.79 Å². The van der Waals surface area contributed by atoms with Crippen LogP contribution < -0.4 is 0 Å². The Hall–Kier alpha value is -0.810. The van der Waals surface area contributed by atoms with Crippen LogP contribution in [0.4, 0.5) is 17.6 Å². The monoisotopic (exact) mass is 380 g/mol. The number of benzene rings is 1. The van der Waals surface area contributed by atoms with Gasteiger partial charge in [-0.3, -0.25) is 0 Å². The van der Waals surface area contributed by atoms with Crippen LogP contribution in [0.5, 0.6) is 0 Å². The van der Waals surface area contributed by atoms with E-state index >= 15 is 0 Å². The lowest BCUT2D eigenvalue weighted by Gasteiger charge is -2.13. The third kappa shape index (κ3) is 4.13. The van der Waals surface area contributed by atoms with Crippen LogP contribution in [0.1, 0.15) is 13.8 Å². The van der Waals surface area contributed by atoms with Crippen LogP contribution in [-0.4, -0.2) is 33.4 Å². The van der Waals surface area contributed by atoms with Crippen molar-refractivity contribution in [3.05, 3.63) is 23.3 Å². The van der Waals surface area contributed by atoms with Crippen molar-refractivity contribution in [2.45, 2.75) is 28.9 Å². The van der Waals surface area contributed by atoms with Crippen molar-refractivity contribution in [2.24, 2.45) is 0 Å². The van der Waals surface area contributed by atoms with Gasteiger partial charge < -0.3 is 0 Å². The molecule has 0 spiro atoms. The van der Waals surface area contributed by atoms with Crippen LogP contribution in [-0.2, 0) is 19.7 Å². The maximum Gasteiger partial charge on any atom is 0.198 e. The first-order valence-electron chi connectivity index (χ1n) is 5.71. The van der Waals surface area contributed by atoms with Gasteiger partial charge in [0.15, 0.2) is 48.0 Å². The predicted octanol–water partition coefficient (Wildman–Crippen LogP) is 2.52. The fourth-order valence-corrected chi connectivity index (χ4v) is 5.85. The van der Waals surface area contributed by atoms with E-state index in [9.17, 15) is 34.4 Å². The summed E-state index contributed by atoms with van der Waals surface area (Å²) in [5.41, 5.74) is 0. The van der Waals surface area contributed by atoms with E-state index in [-0.39, 0.29) is 0 Å². The van der Waals surface area contributed by atoms with Gasteiger partial charge in [0.05, 0.1) is 4.90 Å². The molecule has 0 saturated carbocycles. The number of halogens is 4. The van der Waals surface area contributed by atoms with Gasteiger partial charge in [0, 0.05) is 11.5 Å². The molecule has 0 aliphatic rings. The number of hydrogen-bond acceptors (Lipinski definition) is 5. The molecule has 0 aliphatic heterocycles. The van der Waals surface area contributed by atoms with Crippen LogP contribution in [0.25, 0.3) is 0 Å². The van der Waals surface area contributed by atoms with Gasteiger partial charge in [0.25, 0.3) is 0 Å². The molecule has 0 aliphatic carbocycles. The fourth-order valence-electron chi connectivity index (χ4n) is 1.54. The fraction of sp³-hybridized carbons (Fsp3) is 0.455. The molecule has 0 saturated heterocycles. The molecular formula is C11H12F4O4S3. The van der Waals surface area contributed by atoms with Gasteiger partial charge in [-0.2, -0.15) is 0 Å². The van der Waals surface area contributed by atoms with E-state index in [1.807, 2.05) is 0 Å². The van der Waals surface area contributed by atoms with E-state index in [1.165, 1.54) is 13.8 Å². The van der Waals surface area contributed by atoms with Crippen molar-refractivity contribution >= 4 is 31.4 Å². The van der Waals surface area contributed by atoms with Crippen molar-refractivity contribution in [1.29, 1.82) is 0 Å². The summed E-state index contributed by atoms with van der Waals surface area (Å²) in [4.78, 5) is -2.91. The normalized spacial score (nSPS) is 12.9. The van der Waals surface area contributed by atoms with E-state index in [4.69, 9.17) is 0 Å². The number of hydrogen-bond donors (Lipinski definition) is 0. The zero-order valence-electron chi connectivity index (χ0n) is 11.7. The zero-order valence-corrected chi connectivity index (χ0v) is 14.1. The summed E-state index contributed by atoms with van der Waals surface area (Å²) in [5, 5.41) is -2.09. The molecule has 1 aromatic rings.